The maximum atomic E-state index is 12.8. The minimum absolute atomic E-state index is 0.263. The summed E-state index contributed by atoms with van der Waals surface area (Å²) in [5, 5.41) is 0.819. The predicted molar refractivity (Wildman–Crippen MR) is 86.2 cm³/mol. The molecule has 0 aliphatic carbocycles. The fraction of sp³-hybridized carbons (Fsp3) is 0.0714. The fourth-order valence-corrected chi connectivity index (χ4v) is 4.75. The van der Waals surface area contributed by atoms with Crippen molar-refractivity contribution >= 4 is 43.6 Å². The lowest BCUT2D eigenvalue weighted by Crippen LogP contribution is -2.15. The lowest BCUT2D eigenvalue weighted by Gasteiger charge is -2.08. The zero-order valence-electron chi connectivity index (χ0n) is 10.6. The molecule has 0 saturated heterocycles. The van der Waals surface area contributed by atoms with Gasteiger partial charge in [-0.25, -0.2) is 17.4 Å². The SMILES string of the molecule is Cc1ccc2cc(I)n(S(=O)(=O)c3ccccc3)c2n1. The van der Waals surface area contributed by atoms with E-state index in [4.69, 9.17) is 0 Å². The molecule has 0 bridgehead atoms. The molecule has 0 amide bonds. The molecule has 0 atom stereocenters. The number of nitrogens with zero attached hydrogens (tertiary/aromatic N) is 2. The molecule has 3 rings (SSSR count). The smallest absolute Gasteiger partial charge is 0.234 e. The van der Waals surface area contributed by atoms with Crippen molar-refractivity contribution in [3.63, 3.8) is 0 Å². The lowest BCUT2D eigenvalue weighted by molar-refractivity contribution is 0.588. The first kappa shape index (κ1) is 13.6. The van der Waals surface area contributed by atoms with Crippen molar-refractivity contribution in [2.45, 2.75) is 11.8 Å². The van der Waals surface area contributed by atoms with Gasteiger partial charge in [0.15, 0.2) is 5.65 Å². The third-order valence-corrected chi connectivity index (χ3v) is 5.83. The number of halogens is 1. The predicted octanol–water partition coefficient (Wildman–Crippen LogP) is 3.19. The van der Waals surface area contributed by atoms with Crippen LogP contribution in [0.15, 0.2) is 53.4 Å². The molecular formula is C14H11IN2O2S. The Morgan fingerprint density at radius 1 is 1.10 bits per heavy atom. The molecule has 0 unspecified atom stereocenters. The Balaban J connectivity index is 2.35. The number of fused-ring (bicyclic) bond motifs is 1. The van der Waals surface area contributed by atoms with Crippen molar-refractivity contribution < 1.29 is 8.42 Å². The van der Waals surface area contributed by atoms with E-state index in [1.165, 1.54) is 3.97 Å². The molecule has 0 spiro atoms. The highest BCUT2D eigenvalue weighted by molar-refractivity contribution is 14.1. The lowest BCUT2D eigenvalue weighted by atomic mass is 10.3. The molecule has 0 saturated carbocycles. The molecule has 0 radical (unpaired) electrons. The molecule has 6 heteroatoms. The zero-order chi connectivity index (χ0) is 14.3. The Hall–Kier alpha value is -1.41. The maximum Gasteiger partial charge on any atom is 0.270 e. The van der Waals surface area contributed by atoms with E-state index in [1.807, 2.05) is 47.7 Å². The number of pyridine rings is 1. The second kappa shape index (κ2) is 4.85. The highest BCUT2D eigenvalue weighted by Gasteiger charge is 2.22. The van der Waals surface area contributed by atoms with E-state index in [9.17, 15) is 8.42 Å². The molecule has 2 heterocycles. The second-order valence-corrected chi connectivity index (χ2v) is 7.31. The molecule has 3 aromatic rings. The van der Waals surface area contributed by atoms with Crippen LogP contribution in [0.5, 0.6) is 0 Å². The van der Waals surface area contributed by atoms with Crippen molar-refractivity contribution in [1.29, 1.82) is 0 Å². The van der Waals surface area contributed by atoms with Gasteiger partial charge in [-0.3, -0.25) is 0 Å². The van der Waals surface area contributed by atoms with Gasteiger partial charge in [0.2, 0.25) is 0 Å². The average molecular weight is 398 g/mol. The highest BCUT2D eigenvalue weighted by Crippen LogP contribution is 2.25. The summed E-state index contributed by atoms with van der Waals surface area (Å²) in [6.45, 7) is 1.85. The standard InChI is InChI=1S/C14H11IN2O2S/c1-10-7-8-11-9-13(15)17(14(11)16-10)20(18,19)12-5-3-2-4-6-12/h2-9H,1H3. The monoisotopic (exact) mass is 398 g/mol. The van der Waals surface area contributed by atoms with Crippen LogP contribution in [-0.4, -0.2) is 17.4 Å². The van der Waals surface area contributed by atoms with E-state index < -0.39 is 10.0 Å². The summed E-state index contributed by atoms with van der Waals surface area (Å²) < 4.78 is 27.4. The average Bonchev–Trinajstić information content (AvgIpc) is 2.75. The summed E-state index contributed by atoms with van der Waals surface area (Å²) in [6.07, 6.45) is 0. The van der Waals surface area contributed by atoms with Crippen LogP contribution in [0.4, 0.5) is 0 Å². The quantitative estimate of drug-likeness (QED) is 0.624. The summed E-state index contributed by atoms with van der Waals surface area (Å²) in [6, 6.07) is 14.0. The molecular weight excluding hydrogens is 387 g/mol. The van der Waals surface area contributed by atoms with Crippen LogP contribution in [-0.2, 0) is 10.0 Å². The second-order valence-electron chi connectivity index (χ2n) is 4.42. The van der Waals surface area contributed by atoms with Crippen molar-refractivity contribution in [3.05, 3.63) is 57.9 Å². The third kappa shape index (κ3) is 2.12. The minimum Gasteiger partial charge on any atom is -0.234 e. The van der Waals surface area contributed by atoms with Crippen LogP contribution < -0.4 is 0 Å². The maximum absolute atomic E-state index is 12.8. The number of hydrogen-bond donors (Lipinski definition) is 0. The van der Waals surface area contributed by atoms with Crippen LogP contribution in [0, 0.1) is 10.6 Å². The number of hydrogen-bond acceptors (Lipinski definition) is 3. The van der Waals surface area contributed by atoms with Crippen molar-refractivity contribution in [1.82, 2.24) is 8.96 Å². The van der Waals surface area contributed by atoms with Gasteiger partial charge in [0, 0.05) is 11.1 Å². The Bertz CT molecular complexity index is 886. The Morgan fingerprint density at radius 3 is 2.50 bits per heavy atom. The first-order valence-corrected chi connectivity index (χ1v) is 8.47. The molecule has 0 aliphatic rings. The van der Waals surface area contributed by atoms with E-state index in [0.717, 1.165) is 11.1 Å². The number of benzene rings is 1. The molecule has 0 N–H and O–H groups in total. The summed E-state index contributed by atoms with van der Waals surface area (Å²) in [4.78, 5) is 4.63. The van der Waals surface area contributed by atoms with Crippen LogP contribution in [0.25, 0.3) is 11.0 Å². The first-order valence-electron chi connectivity index (χ1n) is 5.95. The van der Waals surface area contributed by atoms with Crippen molar-refractivity contribution in [2.75, 3.05) is 0 Å². The molecule has 102 valence electrons. The summed E-state index contributed by atoms with van der Waals surface area (Å²) in [7, 11) is -3.62. The van der Waals surface area contributed by atoms with E-state index in [0.29, 0.717) is 9.35 Å². The Morgan fingerprint density at radius 2 is 1.80 bits per heavy atom. The van der Waals surface area contributed by atoms with Gasteiger partial charge < -0.3 is 0 Å². The summed E-state index contributed by atoms with van der Waals surface area (Å²) in [5.41, 5.74) is 1.26. The van der Waals surface area contributed by atoms with Crippen LogP contribution in [0.1, 0.15) is 5.69 Å². The molecule has 4 nitrogen and oxygen atoms in total. The van der Waals surface area contributed by atoms with Gasteiger partial charge in [0.1, 0.15) is 0 Å². The zero-order valence-corrected chi connectivity index (χ0v) is 13.6. The van der Waals surface area contributed by atoms with Crippen LogP contribution in [0.3, 0.4) is 0 Å². The topological polar surface area (TPSA) is 52.0 Å². The van der Waals surface area contributed by atoms with Crippen LogP contribution in [0.2, 0.25) is 0 Å². The molecule has 2 aromatic heterocycles. The summed E-state index contributed by atoms with van der Waals surface area (Å²) in [5.74, 6) is 0. The van der Waals surface area contributed by atoms with E-state index in [-0.39, 0.29) is 4.90 Å². The van der Waals surface area contributed by atoms with Crippen molar-refractivity contribution in [2.24, 2.45) is 0 Å². The largest absolute Gasteiger partial charge is 0.270 e. The number of rotatable bonds is 2. The van der Waals surface area contributed by atoms with Gasteiger partial charge in [0.25, 0.3) is 10.0 Å². The molecule has 0 fully saturated rings. The Kier molecular flexibility index (Phi) is 3.29. The van der Waals surface area contributed by atoms with Gasteiger partial charge in [-0.2, -0.15) is 0 Å². The fourth-order valence-electron chi connectivity index (χ4n) is 2.04. The summed E-state index contributed by atoms with van der Waals surface area (Å²) >= 11 is 2.02. The van der Waals surface area contributed by atoms with E-state index in [1.54, 1.807) is 30.3 Å². The van der Waals surface area contributed by atoms with Crippen molar-refractivity contribution in [3.8, 4) is 0 Å². The van der Waals surface area contributed by atoms with Gasteiger partial charge in [-0.05, 0) is 59.8 Å². The van der Waals surface area contributed by atoms with Gasteiger partial charge in [-0.15, -0.1) is 0 Å². The molecule has 20 heavy (non-hydrogen) atoms. The van der Waals surface area contributed by atoms with Gasteiger partial charge >= 0.3 is 0 Å². The Labute approximate surface area is 130 Å². The first-order chi connectivity index (χ1) is 9.50. The van der Waals surface area contributed by atoms with Gasteiger partial charge in [0.05, 0.1) is 8.60 Å². The normalized spacial score (nSPS) is 11.9. The minimum atomic E-state index is -3.62. The highest BCUT2D eigenvalue weighted by atomic mass is 127. The molecule has 1 aromatic carbocycles. The van der Waals surface area contributed by atoms with Gasteiger partial charge in [-0.1, -0.05) is 18.2 Å². The van der Waals surface area contributed by atoms with E-state index >= 15 is 0 Å². The number of aromatic nitrogens is 2. The molecule has 0 aliphatic heterocycles. The van der Waals surface area contributed by atoms with Crippen LogP contribution >= 0.6 is 22.6 Å². The number of aryl methyl sites for hydroxylation is 1. The van der Waals surface area contributed by atoms with E-state index in [2.05, 4.69) is 4.98 Å². The third-order valence-electron chi connectivity index (χ3n) is 2.99.